The number of ether oxygens (including phenoxy) is 6. The number of hydrogen-bond donors (Lipinski definition) is 2. The van der Waals surface area contributed by atoms with Crippen LogP contribution in [-0.4, -0.2) is 79.3 Å². The number of primary amides is 1. The Morgan fingerprint density at radius 1 is 0.750 bits per heavy atom. The topological polar surface area (TPSA) is 180 Å². The highest BCUT2D eigenvalue weighted by molar-refractivity contribution is 5.95. The van der Waals surface area contributed by atoms with Crippen molar-refractivity contribution in [3.05, 3.63) is 92.5 Å². The lowest BCUT2D eigenvalue weighted by Gasteiger charge is -2.16. The molecular weight excluding hydrogens is 626 g/mol. The zero-order valence-electron chi connectivity index (χ0n) is 26.3. The molecule has 14 heteroatoms. The average molecular weight is 662 g/mol. The van der Waals surface area contributed by atoms with Gasteiger partial charge in [-0.2, -0.15) is 0 Å². The van der Waals surface area contributed by atoms with Gasteiger partial charge in [0.15, 0.2) is 12.6 Å². The summed E-state index contributed by atoms with van der Waals surface area (Å²) in [5.41, 5.74) is 7.10. The third-order valence-corrected chi connectivity index (χ3v) is 7.58. The van der Waals surface area contributed by atoms with Gasteiger partial charge < -0.3 is 48.4 Å². The van der Waals surface area contributed by atoms with Gasteiger partial charge in [0, 0.05) is 47.2 Å². The van der Waals surface area contributed by atoms with Crippen molar-refractivity contribution >= 4 is 45.8 Å². The van der Waals surface area contributed by atoms with Crippen molar-refractivity contribution in [3.63, 3.8) is 0 Å². The molecule has 2 aliphatic rings. The van der Waals surface area contributed by atoms with Crippen molar-refractivity contribution in [2.75, 3.05) is 40.6 Å². The van der Waals surface area contributed by atoms with Gasteiger partial charge >= 0.3 is 5.97 Å². The number of rotatable bonds is 10. The lowest BCUT2D eigenvalue weighted by Crippen LogP contribution is -2.27. The maximum atomic E-state index is 12.5. The molecule has 6 rings (SSSR count). The van der Waals surface area contributed by atoms with Crippen molar-refractivity contribution in [1.29, 1.82) is 0 Å². The van der Waals surface area contributed by atoms with E-state index in [4.69, 9.17) is 39.3 Å². The first-order valence-electron chi connectivity index (χ1n) is 14.9. The number of aliphatic carboxylic acids is 1. The van der Waals surface area contributed by atoms with Gasteiger partial charge in [-0.05, 0) is 47.5 Å². The monoisotopic (exact) mass is 661 g/mol. The molecule has 0 bridgehead atoms. The van der Waals surface area contributed by atoms with Gasteiger partial charge in [0.1, 0.15) is 11.5 Å². The van der Waals surface area contributed by atoms with Gasteiger partial charge in [-0.25, -0.2) is 4.79 Å². The third kappa shape index (κ3) is 8.16. The zero-order chi connectivity index (χ0) is 34.2. The minimum atomic E-state index is -1.08. The van der Waals surface area contributed by atoms with Gasteiger partial charge in [-0.3, -0.25) is 14.4 Å². The fraction of sp³-hybridized carbons (Fsp3) is 0.294. The summed E-state index contributed by atoms with van der Waals surface area (Å²) >= 11 is 0. The smallest absolute Gasteiger partial charge is 0.328 e. The molecule has 252 valence electrons. The van der Waals surface area contributed by atoms with E-state index in [1.807, 2.05) is 6.07 Å². The number of carbonyl (C=O) groups is 2. The quantitative estimate of drug-likeness (QED) is 0.238. The molecule has 4 heterocycles. The van der Waals surface area contributed by atoms with E-state index in [1.54, 1.807) is 53.7 Å². The molecule has 14 nitrogen and oxygen atoms in total. The maximum Gasteiger partial charge on any atom is 0.328 e. The van der Waals surface area contributed by atoms with Crippen LogP contribution in [0.3, 0.4) is 0 Å². The number of carbonyl (C=O) groups excluding carboxylic acids is 1. The molecule has 0 unspecified atom stereocenters. The number of nitrogens with two attached hydrogens (primary N) is 1. The Kier molecular flexibility index (Phi) is 11.0. The third-order valence-electron chi connectivity index (χ3n) is 7.58. The number of methoxy groups -OCH3 is 2. The largest absolute Gasteiger partial charge is 0.497 e. The summed E-state index contributed by atoms with van der Waals surface area (Å²) in [5.74, 6) is -0.426. The molecule has 4 aromatic rings. The second-order valence-electron chi connectivity index (χ2n) is 10.6. The second kappa shape index (κ2) is 15.5. The summed E-state index contributed by atoms with van der Waals surface area (Å²) in [7, 11) is 3.10. The van der Waals surface area contributed by atoms with Crippen molar-refractivity contribution < 1.29 is 43.1 Å². The first kappa shape index (κ1) is 34.1. The van der Waals surface area contributed by atoms with Crippen LogP contribution in [0.5, 0.6) is 11.5 Å². The summed E-state index contributed by atoms with van der Waals surface area (Å²) in [5, 5.41) is 10.4. The van der Waals surface area contributed by atoms with Gasteiger partial charge in [0.05, 0.1) is 64.8 Å². The number of amides is 1. The Labute approximate surface area is 274 Å². The van der Waals surface area contributed by atoms with E-state index in [-0.39, 0.29) is 24.2 Å². The zero-order valence-corrected chi connectivity index (χ0v) is 26.3. The van der Waals surface area contributed by atoms with Crippen LogP contribution in [0, 0.1) is 0 Å². The second-order valence-corrected chi connectivity index (χ2v) is 10.6. The number of fused-ring (bicyclic) bond motifs is 2. The van der Waals surface area contributed by atoms with Crippen LogP contribution in [0.25, 0.3) is 34.0 Å². The molecule has 0 aliphatic carbocycles. The van der Waals surface area contributed by atoms with Gasteiger partial charge in [-0.15, -0.1) is 0 Å². The molecule has 0 atom stereocenters. The molecule has 0 radical (unpaired) electrons. The van der Waals surface area contributed by atoms with Crippen molar-refractivity contribution in [1.82, 2.24) is 9.13 Å². The molecule has 1 amide bonds. The Hall–Kier alpha value is -5.28. The maximum absolute atomic E-state index is 12.5. The summed E-state index contributed by atoms with van der Waals surface area (Å²) in [6.07, 6.45) is 4.25. The van der Waals surface area contributed by atoms with Crippen LogP contribution in [0.2, 0.25) is 0 Å². The number of carboxylic acid groups (broad SMARTS) is 1. The number of pyridine rings is 2. The predicted octanol–water partition coefficient (Wildman–Crippen LogP) is 2.36. The Morgan fingerprint density at radius 3 is 1.54 bits per heavy atom. The summed E-state index contributed by atoms with van der Waals surface area (Å²) in [6.45, 7) is 2.56. The fourth-order valence-corrected chi connectivity index (χ4v) is 5.34. The van der Waals surface area contributed by atoms with Crippen molar-refractivity contribution in [3.8, 4) is 11.5 Å². The normalized spacial score (nSPS) is 15.4. The minimum Gasteiger partial charge on any atom is -0.497 e. The van der Waals surface area contributed by atoms with E-state index in [2.05, 4.69) is 0 Å². The SMILES string of the molecule is COc1ccc2c(/C=C/C(=O)O)cc(=O)n(CC3OCCO3)c2c1.COc1ccc2c(/C=C/C(N)=O)cc(=O)n(CC3OCCO3)c2c1. The summed E-state index contributed by atoms with van der Waals surface area (Å²) < 4.78 is 35.3. The number of hydrogen-bond acceptors (Lipinski definition) is 10. The molecule has 48 heavy (non-hydrogen) atoms. The van der Waals surface area contributed by atoms with Crippen molar-refractivity contribution in [2.45, 2.75) is 25.7 Å². The van der Waals surface area contributed by atoms with Crippen LogP contribution in [0.1, 0.15) is 11.1 Å². The number of aromatic nitrogens is 2. The van der Waals surface area contributed by atoms with Crippen LogP contribution >= 0.6 is 0 Å². The molecule has 2 fully saturated rings. The average Bonchev–Trinajstić information content (AvgIpc) is 3.80. The lowest BCUT2D eigenvalue weighted by atomic mass is 10.1. The molecule has 2 aliphatic heterocycles. The predicted molar refractivity (Wildman–Crippen MR) is 176 cm³/mol. The van der Waals surface area contributed by atoms with E-state index in [0.29, 0.717) is 60.1 Å². The fourth-order valence-electron chi connectivity index (χ4n) is 5.34. The molecule has 2 aromatic carbocycles. The summed E-state index contributed by atoms with van der Waals surface area (Å²) in [4.78, 5) is 46.8. The molecule has 2 saturated heterocycles. The molecular formula is C34H35N3O11. The number of nitrogens with zero attached hydrogens (tertiary/aromatic N) is 2. The van der Waals surface area contributed by atoms with Crippen LogP contribution in [0.4, 0.5) is 0 Å². The van der Waals surface area contributed by atoms with Gasteiger partial charge in [0.25, 0.3) is 11.1 Å². The van der Waals surface area contributed by atoms with Gasteiger partial charge in [-0.1, -0.05) is 0 Å². The van der Waals surface area contributed by atoms with E-state index >= 15 is 0 Å². The molecule has 0 saturated carbocycles. The Bertz CT molecular complexity index is 1840. The highest BCUT2D eigenvalue weighted by Gasteiger charge is 2.20. The number of carboxylic acids is 1. The molecule has 2 aromatic heterocycles. The highest BCUT2D eigenvalue weighted by Crippen LogP contribution is 2.26. The van der Waals surface area contributed by atoms with E-state index in [9.17, 15) is 19.2 Å². The standard InChI is InChI=1S/C17H18N2O5.C17H17NO6/c1-22-12-3-4-13-11(2-5-15(18)20)8-16(21)19(14(13)9-12)10-17-23-6-7-24-17;1-22-12-3-4-13-11(2-5-16(20)21)8-15(19)18(14(13)9-12)10-17-23-6-7-24-17/h2-5,8-9,17H,6-7,10H2,1H3,(H2,18,20);2-5,8-9,17H,6-7,10H2,1H3,(H,20,21)/b2*5-2+. The minimum absolute atomic E-state index is 0.223. The van der Waals surface area contributed by atoms with E-state index in [0.717, 1.165) is 16.8 Å². The summed E-state index contributed by atoms with van der Waals surface area (Å²) in [6, 6.07) is 13.6. The van der Waals surface area contributed by atoms with Gasteiger partial charge in [0.2, 0.25) is 5.91 Å². The highest BCUT2D eigenvalue weighted by atomic mass is 16.7. The van der Waals surface area contributed by atoms with E-state index < -0.39 is 24.5 Å². The van der Waals surface area contributed by atoms with Crippen molar-refractivity contribution in [2.24, 2.45) is 5.73 Å². The molecule has 0 spiro atoms. The first-order chi connectivity index (χ1) is 23.2. The Balaban J connectivity index is 0.000000188. The molecule has 3 N–H and O–H groups in total. The first-order valence-corrected chi connectivity index (χ1v) is 14.9. The Morgan fingerprint density at radius 2 is 1.17 bits per heavy atom. The van der Waals surface area contributed by atoms with E-state index in [1.165, 1.54) is 30.4 Å². The number of benzene rings is 2. The van der Waals surface area contributed by atoms with Crippen LogP contribution in [0.15, 0.2) is 70.3 Å². The lowest BCUT2D eigenvalue weighted by molar-refractivity contribution is -0.131. The van der Waals surface area contributed by atoms with Crippen LogP contribution < -0.4 is 26.3 Å². The van der Waals surface area contributed by atoms with Crippen LogP contribution in [-0.2, 0) is 41.6 Å².